The number of nitrogens with one attached hydrogen (secondary N) is 2. The molecule has 0 aliphatic heterocycles. The Bertz CT molecular complexity index is 944. The van der Waals surface area contributed by atoms with E-state index in [1.54, 1.807) is 6.33 Å². The quantitative estimate of drug-likeness (QED) is 0.681. The van der Waals surface area contributed by atoms with E-state index in [0.29, 0.717) is 18.1 Å². The van der Waals surface area contributed by atoms with E-state index in [0.717, 1.165) is 16.7 Å². The third-order valence-electron chi connectivity index (χ3n) is 5.34. The zero-order valence-corrected chi connectivity index (χ0v) is 15.1. The van der Waals surface area contributed by atoms with Crippen molar-refractivity contribution in [1.82, 2.24) is 15.3 Å². The van der Waals surface area contributed by atoms with Crippen molar-refractivity contribution in [2.24, 2.45) is 0 Å². The number of benzene rings is 2. The molecule has 3 aromatic rings. The van der Waals surface area contributed by atoms with Crippen LogP contribution in [-0.4, -0.2) is 22.1 Å². The molecule has 0 saturated heterocycles. The van der Waals surface area contributed by atoms with Crippen molar-refractivity contribution >= 4 is 16.7 Å². The molecule has 2 aliphatic carbocycles. The molecule has 1 heterocycles. The second kappa shape index (κ2) is 6.36. The minimum absolute atomic E-state index is 0.387. The van der Waals surface area contributed by atoms with Gasteiger partial charge in [-0.3, -0.25) is 0 Å². The summed E-state index contributed by atoms with van der Waals surface area (Å²) in [5.41, 5.74) is 4.80. The van der Waals surface area contributed by atoms with Gasteiger partial charge in [-0.2, -0.15) is 0 Å². The molecular weight excluding hydrogens is 320 g/mol. The van der Waals surface area contributed by atoms with Crippen LogP contribution >= 0.6 is 0 Å². The molecule has 5 rings (SSSR count). The highest BCUT2D eigenvalue weighted by Crippen LogP contribution is 2.31. The van der Waals surface area contributed by atoms with Crippen LogP contribution < -0.4 is 10.6 Å². The van der Waals surface area contributed by atoms with Crippen molar-refractivity contribution in [2.75, 3.05) is 5.32 Å². The highest BCUT2D eigenvalue weighted by atomic mass is 15.1. The van der Waals surface area contributed by atoms with Crippen molar-refractivity contribution < 1.29 is 0 Å². The average Bonchev–Trinajstić information content (AvgIpc) is 3.59. The monoisotopic (exact) mass is 344 g/mol. The Kier molecular flexibility index (Phi) is 3.86. The SMILES string of the molecule is CC(NC1CC1)c1cccc(-c2ccc3ncnc(NC4CC4)c3c2)c1. The molecule has 0 bridgehead atoms. The van der Waals surface area contributed by atoms with Crippen LogP contribution in [0.2, 0.25) is 0 Å². The van der Waals surface area contributed by atoms with Gasteiger partial charge in [0.1, 0.15) is 12.1 Å². The van der Waals surface area contributed by atoms with Gasteiger partial charge in [0.2, 0.25) is 0 Å². The van der Waals surface area contributed by atoms with Crippen LogP contribution in [0.4, 0.5) is 5.82 Å². The summed E-state index contributed by atoms with van der Waals surface area (Å²) in [5.74, 6) is 0.958. The van der Waals surface area contributed by atoms with Crippen LogP contribution in [0.5, 0.6) is 0 Å². The van der Waals surface area contributed by atoms with Crippen molar-refractivity contribution in [3.8, 4) is 11.1 Å². The Morgan fingerprint density at radius 2 is 1.73 bits per heavy atom. The lowest BCUT2D eigenvalue weighted by molar-refractivity contribution is 0.571. The van der Waals surface area contributed by atoms with Crippen molar-refractivity contribution in [3.63, 3.8) is 0 Å². The maximum atomic E-state index is 4.47. The molecule has 0 spiro atoms. The van der Waals surface area contributed by atoms with Gasteiger partial charge in [0.25, 0.3) is 0 Å². The van der Waals surface area contributed by atoms with Gasteiger partial charge in [0.15, 0.2) is 0 Å². The maximum Gasteiger partial charge on any atom is 0.137 e. The molecule has 1 aromatic heterocycles. The summed E-state index contributed by atoms with van der Waals surface area (Å²) in [6, 6.07) is 17.0. The van der Waals surface area contributed by atoms with E-state index >= 15 is 0 Å². The average molecular weight is 344 g/mol. The summed E-state index contributed by atoms with van der Waals surface area (Å²) < 4.78 is 0. The van der Waals surface area contributed by atoms with E-state index in [1.807, 2.05) is 0 Å². The topological polar surface area (TPSA) is 49.8 Å². The van der Waals surface area contributed by atoms with E-state index in [9.17, 15) is 0 Å². The fourth-order valence-corrected chi connectivity index (χ4v) is 3.46. The second-order valence-corrected chi connectivity index (χ2v) is 7.66. The largest absolute Gasteiger partial charge is 0.367 e. The van der Waals surface area contributed by atoms with Gasteiger partial charge < -0.3 is 10.6 Å². The minimum atomic E-state index is 0.387. The molecule has 0 radical (unpaired) electrons. The van der Waals surface area contributed by atoms with Crippen LogP contribution in [0.15, 0.2) is 48.8 Å². The van der Waals surface area contributed by atoms with E-state index in [4.69, 9.17) is 0 Å². The van der Waals surface area contributed by atoms with Crippen LogP contribution in [0.3, 0.4) is 0 Å². The van der Waals surface area contributed by atoms with Gasteiger partial charge >= 0.3 is 0 Å². The third-order valence-corrected chi connectivity index (χ3v) is 5.34. The van der Waals surface area contributed by atoms with Crippen LogP contribution in [0.1, 0.15) is 44.2 Å². The lowest BCUT2D eigenvalue weighted by Crippen LogP contribution is -2.20. The van der Waals surface area contributed by atoms with Gasteiger partial charge in [-0.15, -0.1) is 0 Å². The molecule has 2 aliphatic rings. The Morgan fingerprint density at radius 1 is 0.923 bits per heavy atom. The molecule has 132 valence electrons. The van der Waals surface area contributed by atoms with E-state index in [2.05, 4.69) is 70.0 Å². The minimum Gasteiger partial charge on any atom is -0.367 e. The number of aromatic nitrogens is 2. The van der Waals surface area contributed by atoms with E-state index in [1.165, 1.54) is 42.4 Å². The summed E-state index contributed by atoms with van der Waals surface area (Å²) in [5, 5.41) is 8.32. The number of hydrogen-bond acceptors (Lipinski definition) is 4. The zero-order chi connectivity index (χ0) is 17.5. The Hall–Kier alpha value is -2.46. The molecule has 4 heteroatoms. The lowest BCUT2D eigenvalue weighted by atomic mass is 9.99. The smallest absolute Gasteiger partial charge is 0.137 e. The summed E-state index contributed by atoms with van der Waals surface area (Å²) >= 11 is 0. The molecule has 4 nitrogen and oxygen atoms in total. The van der Waals surface area contributed by atoms with Crippen molar-refractivity contribution in [1.29, 1.82) is 0 Å². The fourth-order valence-electron chi connectivity index (χ4n) is 3.46. The van der Waals surface area contributed by atoms with Crippen LogP contribution in [0.25, 0.3) is 22.0 Å². The van der Waals surface area contributed by atoms with Crippen LogP contribution in [0, 0.1) is 0 Å². The number of anilines is 1. The molecule has 2 fully saturated rings. The van der Waals surface area contributed by atoms with E-state index < -0.39 is 0 Å². The summed E-state index contributed by atoms with van der Waals surface area (Å²) in [6.45, 7) is 2.25. The second-order valence-electron chi connectivity index (χ2n) is 7.66. The first-order chi connectivity index (χ1) is 12.8. The third kappa shape index (κ3) is 3.29. The molecular formula is C22H24N4. The predicted octanol–water partition coefficient (Wildman–Crippen LogP) is 4.68. The summed E-state index contributed by atoms with van der Waals surface area (Å²) in [4.78, 5) is 8.90. The molecule has 2 N–H and O–H groups in total. The highest BCUT2D eigenvalue weighted by Gasteiger charge is 2.24. The molecule has 26 heavy (non-hydrogen) atoms. The Morgan fingerprint density at radius 3 is 2.54 bits per heavy atom. The van der Waals surface area contributed by atoms with Crippen molar-refractivity contribution in [3.05, 3.63) is 54.4 Å². The van der Waals surface area contributed by atoms with Gasteiger partial charge in [0.05, 0.1) is 5.52 Å². The standard InChI is InChI=1S/C22H24N4/c1-14(25-18-6-7-18)15-3-2-4-16(11-15)17-5-10-21-20(12-17)22(24-13-23-21)26-19-8-9-19/h2-5,10-14,18-19,25H,6-9H2,1H3,(H,23,24,26). The number of nitrogens with zero attached hydrogens (tertiary/aromatic N) is 2. The van der Waals surface area contributed by atoms with Gasteiger partial charge in [-0.1, -0.05) is 24.3 Å². The van der Waals surface area contributed by atoms with Gasteiger partial charge in [-0.25, -0.2) is 9.97 Å². The predicted molar refractivity (Wildman–Crippen MR) is 106 cm³/mol. The first-order valence-electron chi connectivity index (χ1n) is 9.64. The maximum absolute atomic E-state index is 4.47. The lowest BCUT2D eigenvalue weighted by Gasteiger charge is -2.15. The Labute approximate surface area is 154 Å². The Balaban J connectivity index is 1.49. The molecule has 1 unspecified atom stereocenters. The molecule has 2 aromatic carbocycles. The first kappa shape index (κ1) is 15.8. The van der Waals surface area contributed by atoms with E-state index in [-0.39, 0.29) is 0 Å². The normalized spacial score (nSPS) is 18.0. The first-order valence-corrected chi connectivity index (χ1v) is 9.64. The number of hydrogen-bond donors (Lipinski definition) is 2. The molecule has 2 saturated carbocycles. The number of rotatable bonds is 6. The summed E-state index contributed by atoms with van der Waals surface area (Å²) in [6.07, 6.45) is 6.74. The fraction of sp³-hybridized carbons (Fsp3) is 0.364. The number of fused-ring (bicyclic) bond motifs is 1. The van der Waals surface area contributed by atoms with Crippen molar-refractivity contribution in [2.45, 2.75) is 50.7 Å². The van der Waals surface area contributed by atoms with Gasteiger partial charge in [0, 0.05) is 23.5 Å². The molecule has 1 atom stereocenters. The van der Waals surface area contributed by atoms with Crippen LogP contribution in [-0.2, 0) is 0 Å². The zero-order valence-electron chi connectivity index (χ0n) is 15.1. The van der Waals surface area contributed by atoms with Gasteiger partial charge in [-0.05, 0) is 67.5 Å². The summed E-state index contributed by atoms with van der Waals surface area (Å²) in [7, 11) is 0. The molecule has 0 amide bonds. The highest BCUT2D eigenvalue weighted by molar-refractivity contribution is 5.92.